The number of carboxylic acid groups (broad SMARTS) is 1. The molecule has 1 heterocycles. The molecule has 1 aliphatic heterocycles. The summed E-state index contributed by atoms with van der Waals surface area (Å²) in [5.41, 5.74) is 0.881. The topological polar surface area (TPSA) is 66.7 Å². The van der Waals surface area contributed by atoms with Gasteiger partial charge in [0.15, 0.2) is 5.78 Å². The van der Waals surface area contributed by atoms with Crippen LogP contribution in [-0.2, 0) is 9.59 Å². The fourth-order valence-electron chi connectivity index (χ4n) is 1.20. The van der Waals surface area contributed by atoms with Gasteiger partial charge in [-0.3, -0.25) is 9.79 Å². The molecule has 0 bridgehead atoms. The van der Waals surface area contributed by atoms with Crippen LogP contribution in [0.3, 0.4) is 0 Å². The Bertz CT molecular complexity index is 424. The summed E-state index contributed by atoms with van der Waals surface area (Å²) in [6, 6.07) is 0. The lowest BCUT2D eigenvalue weighted by molar-refractivity contribution is -0.132. The Morgan fingerprint density at radius 2 is 2.15 bits per heavy atom. The van der Waals surface area contributed by atoms with E-state index in [0.717, 1.165) is 6.08 Å². The highest BCUT2D eigenvalue weighted by Crippen LogP contribution is 2.24. The molecule has 0 aromatic carbocycles. The maximum absolute atomic E-state index is 11.3. The van der Waals surface area contributed by atoms with Crippen molar-refractivity contribution in [3.63, 3.8) is 0 Å². The van der Waals surface area contributed by atoms with Gasteiger partial charge in [0.2, 0.25) is 0 Å². The number of nitrogens with zero attached hydrogens (tertiary/aromatic N) is 1. The molecule has 1 N–H and O–H groups in total. The van der Waals surface area contributed by atoms with Crippen molar-refractivity contribution >= 4 is 18.0 Å². The number of hydrogen-bond acceptors (Lipinski definition) is 3. The molecule has 4 heteroatoms. The van der Waals surface area contributed by atoms with Crippen LogP contribution in [0.5, 0.6) is 0 Å². The van der Waals surface area contributed by atoms with Gasteiger partial charge in [0.05, 0.1) is 11.3 Å². The molecular weight excluding hydrogens is 170 g/mol. The molecule has 0 aromatic heterocycles. The number of rotatable bonds is 1. The number of hydrogen-bond donors (Lipinski definition) is 1. The zero-order chi connectivity index (χ0) is 9.42. The Morgan fingerprint density at radius 3 is 2.85 bits per heavy atom. The number of allylic oxidation sites excluding steroid dienone is 3. The molecule has 0 fully saturated rings. The third-order valence-corrected chi connectivity index (χ3v) is 1.82. The molecule has 0 aromatic rings. The van der Waals surface area contributed by atoms with Gasteiger partial charge >= 0.3 is 5.97 Å². The van der Waals surface area contributed by atoms with Gasteiger partial charge in [-0.25, -0.2) is 4.79 Å². The van der Waals surface area contributed by atoms with Gasteiger partial charge in [-0.15, -0.1) is 0 Å². The molecule has 0 radical (unpaired) electrons. The van der Waals surface area contributed by atoms with E-state index in [9.17, 15) is 9.59 Å². The zero-order valence-corrected chi connectivity index (χ0v) is 6.52. The zero-order valence-electron chi connectivity index (χ0n) is 6.52. The predicted molar refractivity (Wildman–Crippen MR) is 45.4 cm³/mol. The van der Waals surface area contributed by atoms with Gasteiger partial charge in [0, 0.05) is 17.9 Å². The lowest BCUT2D eigenvalue weighted by Crippen LogP contribution is -2.10. The van der Waals surface area contributed by atoms with Crippen molar-refractivity contribution in [1.29, 1.82) is 0 Å². The summed E-state index contributed by atoms with van der Waals surface area (Å²) in [5.74, 6) is -1.41. The summed E-state index contributed by atoms with van der Waals surface area (Å²) in [7, 11) is 0. The number of carbonyl (C=O) groups excluding carboxylic acids is 1. The minimum atomic E-state index is -1.11. The molecule has 2 rings (SSSR count). The van der Waals surface area contributed by atoms with Crippen LogP contribution in [0.1, 0.15) is 0 Å². The molecule has 2 aliphatic rings. The monoisotopic (exact) mass is 175 g/mol. The van der Waals surface area contributed by atoms with Gasteiger partial charge in [-0.2, -0.15) is 0 Å². The molecule has 0 unspecified atom stereocenters. The number of aliphatic carboxylic acids is 1. The van der Waals surface area contributed by atoms with E-state index in [1.165, 1.54) is 12.3 Å². The largest absolute Gasteiger partial charge is 0.478 e. The molecule has 64 valence electrons. The molecule has 0 amide bonds. The Kier molecular flexibility index (Phi) is 1.48. The third-order valence-electron chi connectivity index (χ3n) is 1.82. The van der Waals surface area contributed by atoms with Crippen molar-refractivity contribution in [3.8, 4) is 0 Å². The molecule has 13 heavy (non-hydrogen) atoms. The third kappa shape index (κ3) is 1.12. The lowest BCUT2D eigenvalue weighted by Gasteiger charge is -2.06. The molecule has 0 saturated heterocycles. The summed E-state index contributed by atoms with van der Waals surface area (Å²) in [6.45, 7) is 0. The number of ketones is 1. The van der Waals surface area contributed by atoms with Crippen LogP contribution in [0.4, 0.5) is 0 Å². The first-order chi connectivity index (χ1) is 6.18. The SMILES string of the molecule is O=C(O)C1=CC(=O)C2=CC=NC2=C1. The molecule has 0 spiro atoms. The Labute approximate surface area is 73.6 Å². The number of carboxylic acids is 1. The fourth-order valence-corrected chi connectivity index (χ4v) is 1.20. The molecular formula is C9H5NO3. The second-order valence-corrected chi connectivity index (χ2v) is 2.66. The highest BCUT2D eigenvalue weighted by molar-refractivity contribution is 6.16. The average molecular weight is 175 g/mol. The van der Waals surface area contributed by atoms with E-state index < -0.39 is 5.97 Å². The summed E-state index contributed by atoms with van der Waals surface area (Å²) in [5, 5.41) is 8.64. The van der Waals surface area contributed by atoms with Crippen LogP contribution in [0.15, 0.2) is 40.1 Å². The van der Waals surface area contributed by atoms with Crippen molar-refractivity contribution in [1.82, 2.24) is 0 Å². The van der Waals surface area contributed by atoms with Crippen LogP contribution < -0.4 is 0 Å². The summed E-state index contributed by atoms with van der Waals surface area (Å²) in [6.07, 6.45) is 5.55. The summed E-state index contributed by atoms with van der Waals surface area (Å²) >= 11 is 0. The number of fused-ring (bicyclic) bond motifs is 1. The van der Waals surface area contributed by atoms with Crippen LogP contribution in [0.25, 0.3) is 0 Å². The van der Waals surface area contributed by atoms with Crippen LogP contribution >= 0.6 is 0 Å². The molecule has 0 atom stereocenters. The van der Waals surface area contributed by atoms with Gasteiger partial charge in [-0.05, 0) is 12.2 Å². The first kappa shape index (κ1) is 7.67. The Balaban J connectivity index is 2.49. The first-order valence-electron chi connectivity index (χ1n) is 3.64. The normalized spacial score (nSPS) is 19.1. The smallest absolute Gasteiger partial charge is 0.335 e. The molecule has 0 saturated carbocycles. The number of aliphatic imine (C=N–C) groups is 1. The highest BCUT2D eigenvalue weighted by Gasteiger charge is 2.22. The van der Waals surface area contributed by atoms with Crippen LogP contribution in [0, 0.1) is 0 Å². The van der Waals surface area contributed by atoms with Gasteiger partial charge in [-0.1, -0.05) is 0 Å². The predicted octanol–water partition coefficient (Wildman–Crippen LogP) is 0.475. The van der Waals surface area contributed by atoms with E-state index >= 15 is 0 Å². The summed E-state index contributed by atoms with van der Waals surface area (Å²) < 4.78 is 0. The standard InChI is InChI=1S/C9H5NO3/c11-8-4-5(9(12)13)3-7-6(8)1-2-10-7/h1-4H,(H,12,13). The maximum atomic E-state index is 11.3. The van der Waals surface area contributed by atoms with E-state index in [4.69, 9.17) is 5.11 Å². The van der Waals surface area contributed by atoms with Crippen molar-refractivity contribution in [2.24, 2.45) is 4.99 Å². The Hall–Kier alpha value is -1.97. The van der Waals surface area contributed by atoms with E-state index in [1.807, 2.05) is 0 Å². The van der Waals surface area contributed by atoms with E-state index in [0.29, 0.717) is 11.3 Å². The Morgan fingerprint density at radius 1 is 1.38 bits per heavy atom. The fraction of sp³-hybridized carbons (Fsp3) is 0. The average Bonchev–Trinajstić information content (AvgIpc) is 2.51. The maximum Gasteiger partial charge on any atom is 0.335 e. The lowest BCUT2D eigenvalue weighted by atomic mass is 9.99. The van der Waals surface area contributed by atoms with Gasteiger partial charge < -0.3 is 5.11 Å². The molecule has 4 nitrogen and oxygen atoms in total. The van der Waals surface area contributed by atoms with E-state index in [1.54, 1.807) is 6.08 Å². The second-order valence-electron chi connectivity index (χ2n) is 2.66. The van der Waals surface area contributed by atoms with Crippen molar-refractivity contribution < 1.29 is 14.7 Å². The number of carbonyl (C=O) groups is 2. The van der Waals surface area contributed by atoms with Crippen molar-refractivity contribution in [2.45, 2.75) is 0 Å². The first-order valence-corrected chi connectivity index (χ1v) is 3.64. The van der Waals surface area contributed by atoms with Gasteiger partial charge in [0.25, 0.3) is 0 Å². The summed E-state index contributed by atoms with van der Waals surface area (Å²) in [4.78, 5) is 25.7. The van der Waals surface area contributed by atoms with Crippen molar-refractivity contribution in [3.05, 3.63) is 35.1 Å². The quantitative estimate of drug-likeness (QED) is 0.630. The van der Waals surface area contributed by atoms with Gasteiger partial charge in [0.1, 0.15) is 0 Å². The van der Waals surface area contributed by atoms with Crippen LogP contribution in [-0.4, -0.2) is 23.1 Å². The minimum Gasteiger partial charge on any atom is -0.478 e. The molecule has 1 aliphatic carbocycles. The highest BCUT2D eigenvalue weighted by atomic mass is 16.4. The van der Waals surface area contributed by atoms with E-state index in [2.05, 4.69) is 4.99 Å². The minimum absolute atomic E-state index is 0.0174. The van der Waals surface area contributed by atoms with Crippen molar-refractivity contribution in [2.75, 3.05) is 0 Å². The second kappa shape index (κ2) is 2.52. The van der Waals surface area contributed by atoms with Crippen LogP contribution in [0.2, 0.25) is 0 Å². The van der Waals surface area contributed by atoms with E-state index in [-0.39, 0.29) is 11.4 Å².